The van der Waals surface area contributed by atoms with Gasteiger partial charge in [0, 0.05) is 6.54 Å². The van der Waals surface area contributed by atoms with Crippen LogP contribution in [0.25, 0.3) is 0 Å². The molecule has 2 nitrogen and oxygen atoms in total. The Hall–Kier alpha value is -1.28. The topological polar surface area (TPSA) is 35.2 Å². The molecule has 0 saturated carbocycles. The van der Waals surface area contributed by atoms with Gasteiger partial charge in [-0.3, -0.25) is 0 Å². The first-order valence-electron chi connectivity index (χ1n) is 4.37. The standard InChI is InChI=1S/C11H15NO/c1-10-4-6-11(7-5-10)13-9-3-2-8-12/h2-7H,8-9,12H2,1H3/b3-2+. The van der Waals surface area contributed by atoms with Gasteiger partial charge in [-0.15, -0.1) is 0 Å². The van der Waals surface area contributed by atoms with E-state index in [2.05, 4.69) is 6.92 Å². The Balaban J connectivity index is 2.37. The zero-order valence-electron chi connectivity index (χ0n) is 7.86. The molecule has 0 radical (unpaired) electrons. The Morgan fingerprint density at radius 3 is 2.54 bits per heavy atom. The fourth-order valence-corrected chi connectivity index (χ4v) is 0.943. The molecule has 1 aromatic carbocycles. The zero-order valence-corrected chi connectivity index (χ0v) is 7.86. The van der Waals surface area contributed by atoms with Crippen molar-refractivity contribution < 1.29 is 4.74 Å². The Labute approximate surface area is 79.0 Å². The number of benzene rings is 1. The summed E-state index contributed by atoms with van der Waals surface area (Å²) in [5, 5.41) is 0. The van der Waals surface area contributed by atoms with Gasteiger partial charge in [-0.05, 0) is 19.1 Å². The van der Waals surface area contributed by atoms with E-state index in [1.54, 1.807) is 0 Å². The summed E-state index contributed by atoms with van der Waals surface area (Å²) in [6.07, 6.45) is 3.80. The molecular formula is C11H15NO. The van der Waals surface area contributed by atoms with Crippen LogP contribution >= 0.6 is 0 Å². The lowest BCUT2D eigenvalue weighted by Crippen LogP contribution is -1.96. The molecule has 0 aliphatic heterocycles. The molecule has 0 amide bonds. The van der Waals surface area contributed by atoms with Crippen molar-refractivity contribution in [2.45, 2.75) is 6.92 Å². The average molecular weight is 177 g/mol. The molecule has 1 rings (SSSR count). The third-order valence-corrected chi connectivity index (χ3v) is 1.67. The first-order chi connectivity index (χ1) is 6.33. The molecule has 0 spiro atoms. The Kier molecular flexibility index (Phi) is 4.06. The second-order valence-corrected chi connectivity index (χ2v) is 2.83. The van der Waals surface area contributed by atoms with Crippen LogP contribution in [0.1, 0.15) is 5.56 Å². The molecule has 2 N–H and O–H groups in total. The van der Waals surface area contributed by atoms with Gasteiger partial charge < -0.3 is 10.5 Å². The number of ether oxygens (including phenoxy) is 1. The number of hydrogen-bond donors (Lipinski definition) is 1. The highest BCUT2D eigenvalue weighted by Gasteiger charge is 1.89. The number of aryl methyl sites for hydroxylation is 1. The summed E-state index contributed by atoms with van der Waals surface area (Å²) in [7, 11) is 0. The highest BCUT2D eigenvalue weighted by molar-refractivity contribution is 5.26. The maximum absolute atomic E-state index is 5.42. The van der Waals surface area contributed by atoms with Crippen LogP contribution in [0.15, 0.2) is 36.4 Å². The van der Waals surface area contributed by atoms with Crippen LogP contribution in [-0.4, -0.2) is 13.2 Å². The number of rotatable bonds is 4. The molecule has 2 heteroatoms. The van der Waals surface area contributed by atoms with E-state index < -0.39 is 0 Å². The molecule has 0 heterocycles. The van der Waals surface area contributed by atoms with Crippen LogP contribution in [0, 0.1) is 6.92 Å². The third kappa shape index (κ3) is 3.76. The second-order valence-electron chi connectivity index (χ2n) is 2.83. The highest BCUT2D eigenvalue weighted by Crippen LogP contribution is 2.10. The van der Waals surface area contributed by atoms with Gasteiger partial charge in [0.25, 0.3) is 0 Å². The second kappa shape index (κ2) is 5.38. The van der Waals surface area contributed by atoms with Crippen molar-refractivity contribution in [3.05, 3.63) is 42.0 Å². The van der Waals surface area contributed by atoms with Gasteiger partial charge in [0.2, 0.25) is 0 Å². The van der Waals surface area contributed by atoms with Crippen molar-refractivity contribution in [3.63, 3.8) is 0 Å². The summed E-state index contributed by atoms with van der Waals surface area (Å²) in [6, 6.07) is 7.99. The molecular weight excluding hydrogens is 162 g/mol. The van der Waals surface area contributed by atoms with Crippen LogP contribution in [0.5, 0.6) is 5.75 Å². The van der Waals surface area contributed by atoms with Crippen molar-refractivity contribution in [2.75, 3.05) is 13.2 Å². The summed E-state index contributed by atoms with van der Waals surface area (Å²) < 4.78 is 5.42. The molecule has 0 bridgehead atoms. The lowest BCUT2D eigenvalue weighted by atomic mass is 10.2. The van der Waals surface area contributed by atoms with Crippen molar-refractivity contribution >= 4 is 0 Å². The summed E-state index contributed by atoms with van der Waals surface area (Å²) >= 11 is 0. The number of hydrogen-bond acceptors (Lipinski definition) is 2. The lowest BCUT2D eigenvalue weighted by Gasteiger charge is -2.02. The van der Waals surface area contributed by atoms with Gasteiger partial charge in [-0.25, -0.2) is 0 Å². The Morgan fingerprint density at radius 2 is 1.92 bits per heavy atom. The van der Waals surface area contributed by atoms with E-state index in [4.69, 9.17) is 10.5 Å². The van der Waals surface area contributed by atoms with Gasteiger partial charge in [0.1, 0.15) is 12.4 Å². The van der Waals surface area contributed by atoms with Crippen LogP contribution in [0.2, 0.25) is 0 Å². The average Bonchev–Trinajstić information content (AvgIpc) is 2.15. The van der Waals surface area contributed by atoms with Gasteiger partial charge in [0.15, 0.2) is 0 Å². The molecule has 13 heavy (non-hydrogen) atoms. The normalized spacial score (nSPS) is 10.6. The van der Waals surface area contributed by atoms with Crippen molar-refractivity contribution in [1.82, 2.24) is 0 Å². The molecule has 0 unspecified atom stereocenters. The minimum Gasteiger partial charge on any atom is -0.490 e. The largest absolute Gasteiger partial charge is 0.490 e. The van der Waals surface area contributed by atoms with E-state index in [9.17, 15) is 0 Å². The molecule has 0 aromatic heterocycles. The SMILES string of the molecule is Cc1ccc(OC/C=C/CN)cc1. The van der Waals surface area contributed by atoms with E-state index in [-0.39, 0.29) is 0 Å². The third-order valence-electron chi connectivity index (χ3n) is 1.67. The predicted octanol–water partition coefficient (Wildman–Crippen LogP) is 1.89. The van der Waals surface area contributed by atoms with E-state index >= 15 is 0 Å². The molecule has 0 saturated heterocycles. The van der Waals surface area contributed by atoms with Crippen molar-refractivity contribution in [1.29, 1.82) is 0 Å². The first-order valence-corrected chi connectivity index (χ1v) is 4.37. The van der Waals surface area contributed by atoms with E-state index in [1.165, 1.54) is 5.56 Å². The highest BCUT2D eigenvalue weighted by atomic mass is 16.5. The molecule has 0 fully saturated rings. The van der Waals surface area contributed by atoms with E-state index in [0.717, 1.165) is 5.75 Å². The summed E-state index contributed by atoms with van der Waals surface area (Å²) in [5.74, 6) is 0.896. The van der Waals surface area contributed by atoms with Crippen LogP contribution in [-0.2, 0) is 0 Å². The van der Waals surface area contributed by atoms with Crippen molar-refractivity contribution in [3.8, 4) is 5.75 Å². The van der Waals surface area contributed by atoms with Crippen LogP contribution < -0.4 is 10.5 Å². The molecule has 0 aliphatic rings. The monoisotopic (exact) mass is 177 g/mol. The summed E-state index contributed by atoms with van der Waals surface area (Å²) in [6.45, 7) is 3.20. The van der Waals surface area contributed by atoms with Crippen LogP contribution in [0.3, 0.4) is 0 Å². The number of nitrogens with two attached hydrogens (primary N) is 1. The van der Waals surface area contributed by atoms with Crippen molar-refractivity contribution in [2.24, 2.45) is 5.73 Å². The molecule has 0 aliphatic carbocycles. The smallest absolute Gasteiger partial charge is 0.119 e. The Morgan fingerprint density at radius 1 is 1.23 bits per heavy atom. The minimum absolute atomic E-state index is 0.567. The van der Waals surface area contributed by atoms with Crippen LogP contribution in [0.4, 0.5) is 0 Å². The van der Waals surface area contributed by atoms with Gasteiger partial charge in [-0.1, -0.05) is 29.8 Å². The summed E-state index contributed by atoms with van der Waals surface area (Å²) in [4.78, 5) is 0. The lowest BCUT2D eigenvalue weighted by molar-refractivity contribution is 0.362. The van der Waals surface area contributed by atoms with Gasteiger partial charge in [0.05, 0.1) is 0 Å². The molecule has 0 atom stereocenters. The maximum Gasteiger partial charge on any atom is 0.119 e. The predicted molar refractivity (Wildman–Crippen MR) is 54.9 cm³/mol. The fraction of sp³-hybridized carbons (Fsp3) is 0.273. The quantitative estimate of drug-likeness (QED) is 0.713. The van der Waals surface area contributed by atoms with E-state index in [1.807, 2.05) is 36.4 Å². The van der Waals surface area contributed by atoms with E-state index in [0.29, 0.717) is 13.2 Å². The van der Waals surface area contributed by atoms with Gasteiger partial charge >= 0.3 is 0 Å². The first kappa shape index (κ1) is 9.81. The minimum atomic E-state index is 0.567. The molecule has 1 aromatic rings. The molecule has 70 valence electrons. The zero-order chi connectivity index (χ0) is 9.52. The maximum atomic E-state index is 5.42. The Bertz CT molecular complexity index is 264. The van der Waals surface area contributed by atoms with Gasteiger partial charge in [-0.2, -0.15) is 0 Å². The summed E-state index contributed by atoms with van der Waals surface area (Å²) in [5.41, 5.74) is 6.53. The fourth-order valence-electron chi connectivity index (χ4n) is 0.943.